The van der Waals surface area contributed by atoms with E-state index in [9.17, 15) is 24.0 Å². The molecule has 5 aliphatic rings. The number of aromatic nitrogens is 2. The Hall–Kier alpha value is -6.26. The Morgan fingerprint density at radius 2 is 1.14 bits per heavy atom. The lowest BCUT2D eigenvalue weighted by atomic mass is 9.81. The number of H-pyrrole nitrogens is 1. The maximum absolute atomic E-state index is 14.3. The monoisotopic (exact) mass is 899 g/mol. The van der Waals surface area contributed by atoms with E-state index in [4.69, 9.17) is 14.5 Å². The third-order valence-electron chi connectivity index (χ3n) is 13.9. The van der Waals surface area contributed by atoms with Crippen LogP contribution in [0.1, 0.15) is 97.9 Å². The number of carbonyl (C=O) groups is 5. The molecule has 4 saturated heterocycles. The van der Waals surface area contributed by atoms with E-state index in [2.05, 4.69) is 45.2 Å². The summed E-state index contributed by atoms with van der Waals surface area (Å²) in [6.07, 6.45) is 8.25. The average Bonchev–Trinajstić information content (AvgIpc) is 4.19. The van der Waals surface area contributed by atoms with Gasteiger partial charge in [-0.25, -0.2) is 14.6 Å². The minimum atomic E-state index is -0.901. The number of imidazole rings is 1. The summed E-state index contributed by atoms with van der Waals surface area (Å²) in [7, 11) is 0. The molecular formula is C50H61N9O7. The molecule has 3 aromatic carbocycles. The van der Waals surface area contributed by atoms with Crippen LogP contribution in [0.4, 0.5) is 9.59 Å². The Morgan fingerprint density at radius 1 is 0.606 bits per heavy atom. The van der Waals surface area contributed by atoms with Crippen LogP contribution in [0.3, 0.4) is 0 Å². The van der Waals surface area contributed by atoms with E-state index in [1.165, 1.54) is 5.56 Å². The summed E-state index contributed by atoms with van der Waals surface area (Å²) in [6, 6.07) is 24.1. The fraction of sp³-hybridized carbons (Fsp3) is 0.480. The number of hydrogen-bond donors (Lipinski definition) is 4. The van der Waals surface area contributed by atoms with E-state index in [0.29, 0.717) is 83.6 Å². The second kappa shape index (κ2) is 20.9. The Morgan fingerprint density at radius 3 is 1.71 bits per heavy atom. The number of carbonyl (C=O) groups excluding carboxylic acids is 5. The van der Waals surface area contributed by atoms with Crippen molar-refractivity contribution in [3.8, 4) is 11.3 Å². The van der Waals surface area contributed by atoms with Crippen LogP contribution >= 0.6 is 0 Å². The number of rotatable bonds is 11. The number of benzene rings is 3. The zero-order valence-corrected chi connectivity index (χ0v) is 37.4. The standard InChI is InChI=1S/C50H61N9O7/c60-46(42-14-8-24-59(42)48(62)44(38-11-5-2-6-12-38)55-50(64)57-27-31-66-32-28-57)52-39-21-19-35(20-22-39)34-15-17-36(18-16-34)40-33-51-45(53-40)41-13-7-23-58(41)47(61)43(37-9-3-1-4-10-37)54-49(63)56-25-29-65-30-26-56/h1-6,9-12,15-18,33,35,39,41-44H,7-8,13-14,19-32H2,(H,51,53)(H,52,60)(H,54,63)(H,55,64)/t35?,39?,41?,42?,43-,44+/m1/s1. The SMILES string of the molecule is O=C(NC1CCC(c2ccc(-c3cnc(C4CCCN4C(=O)[C@H](NC(=O)N4CCOCC4)c4ccccc4)[nH]3)cc2)CC1)C1CCCN1C(=O)[C@@H](NC(=O)N1CCOCC1)c1ccccc1. The summed E-state index contributed by atoms with van der Waals surface area (Å²) in [6.45, 7) is 4.77. The van der Waals surface area contributed by atoms with Crippen molar-refractivity contribution in [2.24, 2.45) is 0 Å². The summed E-state index contributed by atoms with van der Waals surface area (Å²) in [5.41, 5.74) is 4.54. The van der Waals surface area contributed by atoms with Gasteiger partial charge in [-0.1, -0.05) is 84.9 Å². The molecule has 1 saturated carbocycles. The number of ether oxygens (including phenoxy) is 2. The quantitative estimate of drug-likeness (QED) is 0.154. The molecule has 16 heteroatoms. The zero-order valence-electron chi connectivity index (χ0n) is 37.4. The number of hydrogen-bond acceptors (Lipinski definition) is 8. The number of morpholine rings is 2. The molecule has 4 N–H and O–H groups in total. The van der Waals surface area contributed by atoms with Crippen LogP contribution in [0.2, 0.25) is 0 Å². The van der Waals surface area contributed by atoms with Crippen molar-refractivity contribution in [2.45, 2.75) is 87.5 Å². The number of amides is 7. The molecule has 7 amide bonds. The van der Waals surface area contributed by atoms with E-state index in [1.807, 2.05) is 71.8 Å². The molecule has 4 aromatic rings. The topological polar surface area (TPSA) is 182 Å². The lowest BCUT2D eigenvalue weighted by molar-refractivity contribution is -0.140. The van der Waals surface area contributed by atoms with Gasteiger partial charge in [-0.05, 0) is 79.5 Å². The van der Waals surface area contributed by atoms with Crippen LogP contribution in [0, 0.1) is 0 Å². The third-order valence-corrected chi connectivity index (χ3v) is 13.9. The molecule has 348 valence electrons. The number of nitrogens with one attached hydrogen (secondary N) is 4. The first-order valence-corrected chi connectivity index (χ1v) is 23.7. The van der Waals surface area contributed by atoms with Gasteiger partial charge in [-0.3, -0.25) is 14.4 Å². The first-order chi connectivity index (χ1) is 32.3. The van der Waals surface area contributed by atoms with Crippen LogP contribution in [0.5, 0.6) is 0 Å². The minimum absolute atomic E-state index is 0.0194. The van der Waals surface area contributed by atoms with Gasteiger partial charge in [0.05, 0.1) is 44.4 Å². The second-order valence-electron chi connectivity index (χ2n) is 18.0. The molecule has 1 aliphatic carbocycles. The Balaban J connectivity index is 0.787. The van der Waals surface area contributed by atoms with Crippen LogP contribution in [0.15, 0.2) is 91.1 Å². The summed E-state index contributed by atoms with van der Waals surface area (Å²) in [5, 5.41) is 9.28. The fourth-order valence-electron chi connectivity index (χ4n) is 10.2. The highest BCUT2D eigenvalue weighted by atomic mass is 16.5. The zero-order chi connectivity index (χ0) is 45.4. The molecule has 5 heterocycles. The van der Waals surface area contributed by atoms with E-state index in [0.717, 1.165) is 67.6 Å². The van der Waals surface area contributed by atoms with Crippen LogP contribution < -0.4 is 16.0 Å². The lowest BCUT2D eigenvalue weighted by Crippen LogP contribution is -2.54. The summed E-state index contributed by atoms with van der Waals surface area (Å²) in [5.74, 6) is 0.527. The van der Waals surface area contributed by atoms with Crippen molar-refractivity contribution < 1.29 is 33.4 Å². The first kappa shape index (κ1) is 44.9. The molecule has 0 spiro atoms. The molecule has 16 nitrogen and oxygen atoms in total. The lowest BCUT2D eigenvalue weighted by Gasteiger charge is -2.33. The van der Waals surface area contributed by atoms with Gasteiger partial charge in [0.25, 0.3) is 5.91 Å². The highest BCUT2D eigenvalue weighted by Crippen LogP contribution is 2.37. The van der Waals surface area contributed by atoms with Crippen molar-refractivity contribution >= 4 is 29.8 Å². The molecule has 0 bridgehead atoms. The molecule has 4 atom stereocenters. The molecule has 4 aliphatic heterocycles. The van der Waals surface area contributed by atoms with E-state index >= 15 is 0 Å². The van der Waals surface area contributed by atoms with Crippen LogP contribution in [-0.4, -0.2) is 137 Å². The fourth-order valence-corrected chi connectivity index (χ4v) is 10.2. The Labute approximate surface area is 385 Å². The predicted molar refractivity (Wildman–Crippen MR) is 246 cm³/mol. The molecular weight excluding hydrogens is 839 g/mol. The van der Waals surface area contributed by atoms with Gasteiger partial charge in [0.1, 0.15) is 23.9 Å². The van der Waals surface area contributed by atoms with E-state index < -0.39 is 18.1 Å². The Bertz CT molecular complexity index is 2290. The largest absolute Gasteiger partial charge is 0.378 e. The molecule has 1 aromatic heterocycles. The van der Waals surface area contributed by atoms with Gasteiger partial charge in [-0.2, -0.15) is 0 Å². The van der Waals surface area contributed by atoms with E-state index in [1.54, 1.807) is 14.7 Å². The van der Waals surface area contributed by atoms with Gasteiger partial charge in [0, 0.05) is 45.3 Å². The van der Waals surface area contributed by atoms with Crippen molar-refractivity contribution in [1.29, 1.82) is 0 Å². The molecule has 5 fully saturated rings. The van der Waals surface area contributed by atoms with Crippen molar-refractivity contribution in [3.05, 3.63) is 114 Å². The predicted octanol–water partition coefficient (Wildman–Crippen LogP) is 5.44. The smallest absolute Gasteiger partial charge is 0.318 e. The van der Waals surface area contributed by atoms with Gasteiger partial charge in [-0.15, -0.1) is 0 Å². The second-order valence-corrected chi connectivity index (χ2v) is 18.0. The van der Waals surface area contributed by atoms with Crippen molar-refractivity contribution in [1.82, 2.24) is 45.5 Å². The number of likely N-dealkylation sites (tertiary alicyclic amines) is 2. The molecule has 9 rings (SSSR count). The number of urea groups is 2. The highest BCUT2D eigenvalue weighted by Gasteiger charge is 2.41. The van der Waals surface area contributed by atoms with Gasteiger partial charge >= 0.3 is 12.1 Å². The van der Waals surface area contributed by atoms with Gasteiger partial charge in [0.2, 0.25) is 11.8 Å². The number of nitrogens with zero attached hydrogens (tertiary/aromatic N) is 5. The van der Waals surface area contributed by atoms with E-state index in [-0.39, 0.29) is 41.9 Å². The normalized spacial score (nSPS) is 23.2. The first-order valence-electron chi connectivity index (χ1n) is 23.7. The molecule has 66 heavy (non-hydrogen) atoms. The molecule has 0 radical (unpaired) electrons. The van der Waals surface area contributed by atoms with Crippen LogP contribution in [-0.2, 0) is 23.9 Å². The average molecular weight is 900 g/mol. The minimum Gasteiger partial charge on any atom is -0.378 e. The highest BCUT2D eigenvalue weighted by molar-refractivity contribution is 5.93. The van der Waals surface area contributed by atoms with Gasteiger partial charge < -0.3 is 50.0 Å². The van der Waals surface area contributed by atoms with Crippen LogP contribution in [0.25, 0.3) is 11.3 Å². The third kappa shape index (κ3) is 10.2. The van der Waals surface area contributed by atoms with Crippen molar-refractivity contribution in [2.75, 3.05) is 65.7 Å². The summed E-state index contributed by atoms with van der Waals surface area (Å²) in [4.78, 5) is 84.0. The summed E-state index contributed by atoms with van der Waals surface area (Å²) >= 11 is 0. The number of aromatic amines is 1. The van der Waals surface area contributed by atoms with Gasteiger partial charge in [0.15, 0.2) is 0 Å². The summed E-state index contributed by atoms with van der Waals surface area (Å²) < 4.78 is 10.8. The Kier molecular flexibility index (Phi) is 14.2. The maximum atomic E-state index is 14.3. The molecule has 2 unspecified atom stereocenters. The maximum Gasteiger partial charge on any atom is 0.318 e. The van der Waals surface area contributed by atoms with Crippen molar-refractivity contribution in [3.63, 3.8) is 0 Å².